The van der Waals surface area contributed by atoms with Gasteiger partial charge in [0.25, 0.3) is 5.69 Å². The van der Waals surface area contributed by atoms with Crippen molar-refractivity contribution in [2.45, 2.75) is 26.4 Å². The van der Waals surface area contributed by atoms with Gasteiger partial charge in [0.2, 0.25) is 5.95 Å². The number of aliphatic hydroxyl groups is 1. The predicted molar refractivity (Wildman–Crippen MR) is 115 cm³/mol. The molecule has 0 saturated carbocycles. The van der Waals surface area contributed by atoms with Crippen molar-refractivity contribution in [1.29, 1.82) is 0 Å². The Labute approximate surface area is 174 Å². The summed E-state index contributed by atoms with van der Waals surface area (Å²) in [6, 6.07) is 13.6. The molecule has 1 atom stereocenters. The summed E-state index contributed by atoms with van der Waals surface area (Å²) in [5.41, 5.74) is 1.85. The first-order chi connectivity index (χ1) is 14.5. The van der Waals surface area contributed by atoms with E-state index in [1.54, 1.807) is 30.5 Å². The van der Waals surface area contributed by atoms with E-state index in [2.05, 4.69) is 25.6 Å². The van der Waals surface area contributed by atoms with E-state index in [0.717, 1.165) is 0 Å². The van der Waals surface area contributed by atoms with E-state index in [0.29, 0.717) is 28.7 Å². The molecule has 3 N–H and O–H groups in total. The third-order valence-corrected chi connectivity index (χ3v) is 4.62. The van der Waals surface area contributed by atoms with Crippen molar-refractivity contribution >= 4 is 17.5 Å². The molecule has 2 heterocycles. The minimum absolute atomic E-state index is 0.0440. The summed E-state index contributed by atoms with van der Waals surface area (Å²) < 4.78 is 0. The fourth-order valence-corrected chi connectivity index (χ4v) is 2.86. The normalized spacial score (nSPS) is 11.9. The number of aliphatic hydroxyl groups excluding tert-OH is 1. The Kier molecular flexibility index (Phi) is 6.87. The number of nitrogens with one attached hydrogen (secondary N) is 2. The second-order valence-electron chi connectivity index (χ2n) is 7.09. The zero-order valence-electron chi connectivity index (χ0n) is 16.8. The lowest BCUT2D eigenvalue weighted by molar-refractivity contribution is -0.385. The van der Waals surface area contributed by atoms with E-state index in [9.17, 15) is 15.2 Å². The molecule has 0 amide bonds. The summed E-state index contributed by atoms with van der Waals surface area (Å²) in [5, 5.41) is 27.2. The predicted octanol–water partition coefficient (Wildman–Crippen LogP) is 3.49. The average Bonchev–Trinajstić information content (AvgIpc) is 2.76. The largest absolute Gasteiger partial charge is 0.394 e. The number of anilines is 2. The van der Waals surface area contributed by atoms with E-state index >= 15 is 0 Å². The van der Waals surface area contributed by atoms with Crippen LogP contribution in [-0.4, -0.2) is 37.6 Å². The fourth-order valence-electron chi connectivity index (χ4n) is 2.86. The lowest BCUT2D eigenvalue weighted by Gasteiger charge is -2.20. The first-order valence-electron chi connectivity index (χ1n) is 9.62. The maximum absolute atomic E-state index is 11.3. The van der Waals surface area contributed by atoms with Gasteiger partial charge in [-0.15, -0.1) is 0 Å². The van der Waals surface area contributed by atoms with Crippen LogP contribution < -0.4 is 10.6 Å². The van der Waals surface area contributed by atoms with Crippen LogP contribution in [0.25, 0.3) is 11.4 Å². The Morgan fingerprint density at radius 1 is 1.10 bits per heavy atom. The maximum atomic E-state index is 11.3. The van der Waals surface area contributed by atoms with Gasteiger partial charge in [-0.3, -0.25) is 15.1 Å². The Balaban J connectivity index is 1.91. The number of nitro benzene ring substituents is 1. The Bertz CT molecular complexity index is 997. The van der Waals surface area contributed by atoms with Gasteiger partial charge in [0.05, 0.1) is 29.0 Å². The van der Waals surface area contributed by atoms with Crippen LogP contribution in [0, 0.1) is 16.0 Å². The number of nitrogens with zero attached hydrogens (tertiary/aromatic N) is 4. The smallest absolute Gasteiger partial charge is 0.274 e. The zero-order valence-corrected chi connectivity index (χ0v) is 16.8. The summed E-state index contributed by atoms with van der Waals surface area (Å²) in [6.07, 6.45) is 1.68. The zero-order chi connectivity index (χ0) is 21.5. The lowest BCUT2D eigenvalue weighted by atomic mass is 10.1. The van der Waals surface area contributed by atoms with Crippen LogP contribution in [0.1, 0.15) is 19.4 Å². The fraction of sp³-hybridized carbons (Fsp3) is 0.286. The molecule has 0 spiro atoms. The molecule has 9 heteroatoms. The molecule has 0 aliphatic heterocycles. The Morgan fingerprint density at radius 3 is 2.53 bits per heavy atom. The van der Waals surface area contributed by atoms with E-state index in [4.69, 9.17) is 0 Å². The summed E-state index contributed by atoms with van der Waals surface area (Å²) in [4.78, 5) is 24.2. The molecule has 0 saturated heterocycles. The molecule has 2 aromatic heterocycles. The summed E-state index contributed by atoms with van der Waals surface area (Å²) in [7, 11) is 0. The minimum atomic E-state index is -0.405. The molecular formula is C21H24N6O3. The minimum Gasteiger partial charge on any atom is -0.394 e. The molecule has 30 heavy (non-hydrogen) atoms. The molecular weight excluding hydrogens is 384 g/mol. The summed E-state index contributed by atoms with van der Waals surface area (Å²) in [6.45, 7) is 4.14. The SMILES string of the molecule is CC(C)[C@H](CO)Nc1nc(NCc2ccccc2[N+](=O)[O-])cc(-c2ccccn2)n1. The summed E-state index contributed by atoms with van der Waals surface area (Å²) in [5.74, 6) is 1.00. The van der Waals surface area contributed by atoms with Crippen LogP contribution >= 0.6 is 0 Å². The third-order valence-electron chi connectivity index (χ3n) is 4.62. The van der Waals surface area contributed by atoms with Crippen molar-refractivity contribution in [3.63, 3.8) is 0 Å². The van der Waals surface area contributed by atoms with Gasteiger partial charge in [0.1, 0.15) is 5.82 Å². The Morgan fingerprint density at radius 2 is 1.87 bits per heavy atom. The molecule has 0 aliphatic carbocycles. The van der Waals surface area contributed by atoms with E-state index in [-0.39, 0.29) is 30.8 Å². The van der Waals surface area contributed by atoms with Gasteiger partial charge in [-0.1, -0.05) is 38.1 Å². The first-order valence-corrected chi connectivity index (χ1v) is 9.62. The van der Waals surface area contributed by atoms with Crippen LogP contribution in [-0.2, 0) is 6.54 Å². The van der Waals surface area contributed by atoms with Gasteiger partial charge in [0.15, 0.2) is 0 Å². The van der Waals surface area contributed by atoms with Crippen LogP contribution in [0.15, 0.2) is 54.7 Å². The highest BCUT2D eigenvalue weighted by Gasteiger charge is 2.16. The third kappa shape index (κ3) is 5.26. The van der Waals surface area contributed by atoms with Gasteiger partial charge in [-0.25, -0.2) is 4.98 Å². The van der Waals surface area contributed by atoms with Crippen LogP contribution in [0.3, 0.4) is 0 Å². The molecule has 9 nitrogen and oxygen atoms in total. The second-order valence-corrected chi connectivity index (χ2v) is 7.09. The highest BCUT2D eigenvalue weighted by molar-refractivity contribution is 5.61. The number of aromatic nitrogens is 3. The standard InChI is InChI=1S/C21H24N6O3/c1-14(2)18(13-28)25-21-24-17(16-8-5-6-10-22-16)11-20(26-21)23-12-15-7-3-4-9-19(15)27(29)30/h3-11,14,18,28H,12-13H2,1-2H3,(H2,23,24,25,26)/t18-/m0/s1. The summed E-state index contributed by atoms with van der Waals surface area (Å²) >= 11 is 0. The maximum Gasteiger partial charge on any atom is 0.274 e. The van der Waals surface area contributed by atoms with Crippen molar-refractivity contribution in [1.82, 2.24) is 15.0 Å². The van der Waals surface area contributed by atoms with Gasteiger partial charge >= 0.3 is 0 Å². The number of rotatable bonds is 9. The number of para-hydroxylation sites is 1. The Hall–Kier alpha value is -3.59. The van der Waals surface area contributed by atoms with E-state index in [1.165, 1.54) is 6.07 Å². The highest BCUT2D eigenvalue weighted by atomic mass is 16.6. The number of nitro groups is 1. The van der Waals surface area contributed by atoms with Gasteiger partial charge in [-0.05, 0) is 18.1 Å². The molecule has 3 aromatic rings. The molecule has 156 valence electrons. The van der Waals surface area contributed by atoms with Crippen molar-refractivity contribution in [3.8, 4) is 11.4 Å². The molecule has 0 radical (unpaired) electrons. The van der Waals surface area contributed by atoms with Crippen LogP contribution in [0.4, 0.5) is 17.5 Å². The topological polar surface area (TPSA) is 126 Å². The van der Waals surface area contributed by atoms with Crippen molar-refractivity contribution in [2.24, 2.45) is 5.92 Å². The van der Waals surface area contributed by atoms with Crippen molar-refractivity contribution in [2.75, 3.05) is 17.2 Å². The average molecular weight is 408 g/mol. The number of benzene rings is 1. The monoisotopic (exact) mass is 408 g/mol. The molecule has 0 unspecified atom stereocenters. The van der Waals surface area contributed by atoms with Gasteiger partial charge in [0, 0.05) is 30.4 Å². The van der Waals surface area contributed by atoms with Gasteiger partial charge < -0.3 is 15.7 Å². The highest BCUT2D eigenvalue weighted by Crippen LogP contribution is 2.23. The second kappa shape index (κ2) is 9.75. The van der Waals surface area contributed by atoms with E-state index < -0.39 is 4.92 Å². The number of hydrogen-bond acceptors (Lipinski definition) is 8. The molecule has 0 bridgehead atoms. The molecule has 3 rings (SSSR count). The van der Waals surface area contributed by atoms with Gasteiger partial charge in [-0.2, -0.15) is 4.98 Å². The number of hydrogen-bond donors (Lipinski definition) is 3. The van der Waals surface area contributed by atoms with E-state index in [1.807, 2.05) is 32.0 Å². The first kappa shape index (κ1) is 21.1. The van der Waals surface area contributed by atoms with Crippen molar-refractivity contribution < 1.29 is 10.0 Å². The molecule has 1 aromatic carbocycles. The van der Waals surface area contributed by atoms with Crippen LogP contribution in [0.5, 0.6) is 0 Å². The molecule has 0 fully saturated rings. The molecule has 0 aliphatic rings. The quantitative estimate of drug-likeness (QED) is 0.363. The lowest BCUT2D eigenvalue weighted by Crippen LogP contribution is -2.30. The van der Waals surface area contributed by atoms with Crippen LogP contribution in [0.2, 0.25) is 0 Å². The number of pyridine rings is 1. The van der Waals surface area contributed by atoms with Crippen molar-refractivity contribution in [3.05, 3.63) is 70.4 Å².